The number of carboxylic acids is 1. The molecule has 0 unspecified atom stereocenters. The summed E-state index contributed by atoms with van der Waals surface area (Å²) in [6.07, 6.45) is -0.0736. The molecule has 0 radical (unpaired) electrons. The normalized spacial score (nSPS) is 10.1. The number of rotatable bonds is 8. The molecule has 6 heteroatoms. The molecule has 0 spiro atoms. The first kappa shape index (κ1) is 16.2. The van der Waals surface area contributed by atoms with Crippen LogP contribution in [0.2, 0.25) is 0 Å². The molecule has 1 N–H and O–H groups in total. The van der Waals surface area contributed by atoms with E-state index >= 15 is 0 Å². The molecule has 0 fully saturated rings. The van der Waals surface area contributed by atoms with Gasteiger partial charge >= 0.3 is 5.97 Å². The highest BCUT2D eigenvalue weighted by atomic mass is 32.2. The third-order valence-corrected chi connectivity index (χ3v) is 3.56. The third kappa shape index (κ3) is 5.88. The SMILES string of the molecule is CN(CCC(=O)O)C(=O)CSCC(=O)c1ccccc1. The van der Waals surface area contributed by atoms with Crippen molar-refractivity contribution in [2.75, 3.05) is 25.1 Å². The van der Waals surface area contributed by atoms with Gasteiger partial charge in [-0.15, -0.1) is 11.8 Å². The van der Waals surface area contributed by atoms with Crippen molar-refractivity contribution >= 4 is 29.4 Å². The largest absolute Gasteiger partial charge is 0.481 e. The van der Waals surface area contributed by atoms with Crippen molar-refractivity contribution in [1.82, 2.24) is 4.90 Å². The van der Waals surface area contributed by atoms with Gasteiger partial charge in [0.1, 0.15) is 0 Å². The number of carbonyl (C=O) groups is 3. The number of thioether (sulfide) groups is 1. The Balaban J connectivity index is 2.28. The first-order valence-electron chi connectivity index (χ1n) is 6.12. The molecule has 0 saturated carbocycles. The van der Waals surface area contributed by atoms with E-state index in [1.807, 2.05) is 6.07 Å². The van der Waals surface area contributed by atoms with Gasteiger partial charge in [0, 0.05) is 19.2 Å². The molecule has 0 aliphatic rings. The van der Waals surface area contributed by atoms with Crippen molar-refractivity contribution in [3.63, 3.8) is 0 Å². The molecule has 0 bridgehead atoms. The molecule has 1 aromatic rings. The van der Waals surface area contributed by atoms with Crippen LogP contribution in [-0.4, -0.2) is 52.8 Å². The Labute approximate surface area is 122 Å². The van der Waals surface area contributed by atoms with Crippen LogP contribution in [0, 0.1) is 0 Å². The summed E-state index contributed by atoms with van der Waals surface area (Å²) < 4.78 is 0. The van der Waals surface area contributed by atoms with Gasteiger partial charge in [0.15, 0.2) is 5.78 Å². The molecule has 1 aromatic carbocycles. The van der Waals surface area contributed by atoms with Crippen LogP contribution < -0.4 is 0 Å². The van der Waals surface area contributed by atoms with Crippen LogP contribution in [0.4, 0.5) is 0 Å². The fraction of sp³-hybridized carbons (Fsp3) is 0.357. The van der Waals surface area contributed by atoms with Crippen molar-refractivity contribution in [2.45, 2.75) is 6.42 Å². The number of aliphatic carboxylic acids is 1. The molecular weight excluding hydrogens is 278 g/mol. The number of ketones is 1. The summed E-state index contributed by atoms with van der Waals surface area (Å²) >= 11 is 1.24. The van der Waals surface area contributed by atoms with Crippen molar-refractivity contribution in [1.29, 1.82) is 0 Å². The second kappa shape index (κ2) is 8.37. The van der Waals surface area contributed by atoms with Crippen molar-refractivity contribution in [2.24, 2.45) is 0 Å². The zero-order valence-corrected chi connectivity index (χ0v) is 12.1. The van der Waals surface area contributed by atoms with E-state index in [2.05, 4.69) is 0 Å². The van der Waals surface area contributed by atoms with E-state index in [4.69, 9.17) is 5.11 Å². The Bertz CT molecular complexity index is 475. The molecule has 0 saturated heterocycles. The van der Waals surface area contributed by atoms with Gasteiger partial charge in [-0.05, 0) is 0 Å². The highest BCUT2D eigenvalue weighted by Crippen LogP contribution is 2.08. The summed E-state index contributed by atoms with van der Waals surface area (Å²) in [5, 5.41) is 8.53. The van der Waals surface area contributed by atoms with E-state index in [0.717, 1.165) is 0 Å². The average molecular weight is 295 g/mol. The summed E-state index contributed by atoms with van der Waals surface area (Å²) in [5.74, 6) is -0.706. The minimum atomic E-state index is -0.934. The van der Waals surface area contributed by atoms with Crippen LogP contribution in [-0.2, 0) is 9.59 Å². The van der Waals surface area contributed by atoms with E-state index in [1.165, 1.54) is 16.7 Å². The van der Waals surface area contributed by atoms with E-state index in [1.54, 1.807) is 31.3 Å². The van der Waals surface area contributed by atoms with Crippen LogP contribution >= 0.6 is 11.8 Å². The molecule has 5 nitrogen and oxygen atoms in total. The van der Waals surface area contributed by atoms with Crippen LogP contribution in [0.15, 0.2) is 30.3 Å². The summed E-state index contributed by atoms with van der Waals surface area (Å²) in [5.41, 5.74) is 0.631. The first-order valence-corrected chi connectivity index (χ1v) is 7.28. The molecule has 0 aliphatic heterocycles. The molecule has 20 heavy (non-hydrogen) atoms. The van der Waals surface area contributed by atoms with Crippen LogP contribution in [0.25, 0.3) is 0 Å². The van der Waals surface area contributed by atoms with Gasteiger partial charge in [-0.1, -0.05) is 30.3 Å². The molecule has 108 valence electrons. The third-order valence-electron chi connectivity index (χ3n) is 2.64. The van der Waals surface area contributed by atoms with Crippen LogP contribution in [0.5, 0.6) is 0 Å². The number of Topliss-reactive ketones (excluding diaryl/α,β-unsaturated/α-hetero) is 1. The number of hydrogen-bond donors (Lipinski definition) is 1. The van der Waals surface area contributed by atoms with E-state index < -0.39 is 5.97 Å². The van der Waals surface area contributed by atoms with Gasteiger partial charge < -0.3 is 10.0 Å². The summed E-state index contributed by atoms with van der Waals surface area (Å²) in [7, 11) is 1.56. The fourth-order valence-corrected chi connectivity index (χ4v) is 2.29. The highest BCUT2D eigenvalue weighted by molar-refractivity contribution is 8.00. The number of nitrogens with zero attached hydrogens (tertiary/aromatic N) is 1. The van der Waals surface area contributed by atoms with Gasteiger partial charge in [0.05, 0.1) is 17.9 Å². The monoisotopic (exact) mass is 295 g/mol. The zero-order chi connectivity index (χ0) is 15.0. The zero-order valence-electron chi connectivity index (χ0n) is 11.2. The van der Waals surface area contributed by atoms with Gasteiger partial charge in [0.25, 0.3) is 0 Å². The number of carboxylic acid groups (broad SMARTS) is 1. The Hall–Kier alpha value is -1.82. The minimum absolute atomic E-state index is 0.0170. The predicted molar refractivity (Wildman–Crippen MR) is 78.0 cm³/mol. The molecule has 0 atom stereocenters. The Morgan fingerprint density at radius 2 is 1.80 bits per heavy atom. The lowest BCUT2D eigenvalue weighted by Gasteiger charge is -2.15. The Morgan fingerprint density at radius 3 is 2.40 bits per heavy atom. The Morgan fingerprint density at radius 1 is 1.15 bits per heavy atom. The number of benzene rings is 1. The van der Waals surface area contributed by atoms with E-state index in [9.17, 15) is 14.4 Å². The molecule has 0 aromatic heterocycles. The number of carbonyl (C=O) groups excluding carboxylic acids is 2. The topological polar surface area (TPSA) is 74.7 Å². The van der Waals surface area contributed by atoms with E-state index in [0.29, 0.717) is 5.56 Å². The van der Waals surface area contributed by atoms with Gasteiger partial charge in [0.2, 0.25) is 5.91 Å². The molecule has 0 aliphatic carbocycles. The summed E-state index contributed by atoms with van der Waals surface area (Å²) in [6.45, 7) is 0.182. The Kier molecular flexibility index (Phi) is 6.79. The van der Waals surface area contributed by atoms with Gasteiger partial charge in [-0.25, -0.2) is 0 Å². The lowest BCUT2D eigenvalue weighted by molar-refractivity contribution is -0.137. The maximum absolute atomic E-state index is 11.8. The second-order valence-electron chi connectivity index (χ2n) is 4.24. The molecule has 0 heterocycles. The summed E-state index contributed by atoms with van der Waals surface area (Å²) in [4.78, 5) is 35.2. The molecule has 1 rings (SSSR count). The van der Waals surface area contributed by atoms with Crippen LogP contribution in [0.1, 0.15) is 16.8 Å². The fourth-order valence-electron chi connectivity index (χ4n) is 1.44. The second-order valence-corrected chi connectivity index (χ2v) is 5.23. The highest BCUT2D eigenvalue weighted by Gasteiger charge is 2.12. The lowest BCUT2D eigenvalue weighted by atomic mass is 10.2. The number of hydrogen-bond acceptors (Lipinski definition) is 4. The quantitative estimate of drug-likeness (QED) is 0.736. The maximum atomic E-state index is 11.8. The van der Waals surface area contributed by atoms with Crippen molar-refractivity contribution < 1.29 is 19.5 Å². The van der Waals surface area contributed by atoms with Crippen molar-refractivity contribution in [3.05, 3.63) is 35.9 Å². The molecule has 1 amide bonds. The summed E-state index contributed by atoms with van der Waals surface area (Å²) in [6, 6.07) is 8.91. The lowest BCUT2D eigenvalue weighted by Crippen LogP contribution is -2.30. The molecular formula is C14H17NO4S. The van der Waals surface area contributed by atoms with Crippen molar-refractivity contribution in [3.8, 4) is 0 Å². The first-order chi connectivity index (χ1) is 9.50. The standard InChI is InChI=1S/C14H17NO4S/c1-15(8-7-14(18)19)13(17)10-20-9-12(16)11-5-3-2-4-6-11/h2-6H,7-10H2,1H3,(H,18,19). The van der Waals surface area contributed by atoms with Gasteiger partial charge in [-0.3, -0.25) is 14.4 Å². The average Bonchev–Trinajstić information content (AvgIpc) is 2.45. The number of amides is 1. The van der Waals surface area contributed by atoms with Crippen LogP contribution in [0.3, 0.4) is 0 Å². The minimum Gasteiger partial charge on any atom is -0.481 e. The maximum Gasteiger partial charge on any atom is 0.305 e. The predicted octanol–water partition coefficient (Wildman–Crippen LogP) is 1.54. The smallest absolute Gasteiger partial charge is 0.305 e. The van der Waals surface area contributed by atoms with E-state index in [-0.39, 0.29) is 36.2 Å². The van der Waals surface area contributed by atoms with Gasteiger partial charge in [-0.2, -0.15) is 0 Å².